The lowest BCUT2D eigenvalue weighted by atomic mass is 10.1. The van der Waals surface area contributed by atoms with E-state index in [2.05, 4.69) is 4.90 Å². The van der Waals surface area contributed by atoms with Crippen molar-refractivity contribution < 1.29 is 5.11 Å². The average Bonchev–Trinajstić information content (AvgIpc) is 2.40. The molecule has 0 aliphatic carbocycles. The summed E-state index contributed by atoms with van der Waals surface area (Å²) < 4.78 is 0. The number of rotatable bonds is 3. The first-order valence-corrected chi connectivity index (χ1v) is 4.36. The highest BCUT2D eigenvalue weighted by Crippen LogP contribution is 2.12. The van der Waals surface area contributed by atoms with Crippen LogP contribution in [0.2, 0.25) is 0 Å². The number of aliphatic hydroxyl groups excluding tert-OH is 1. The van der Waals surface area contributed by atoms with E-state index in [1.165, 1.54) is 12.8 Å². The number of nitrogens with zero attached hydrogens (tertiary/aromatic N) is 1. The fraction of sp³-hybridized carbons (Fsp3) is 1.00. The number of aliphatic hydroxyl groups is 1. The number of likely N-dealkylation sites (tertiary alicyclic amines) is 1. The molecule has 1 aliphatic rings. The van der Waals surface area contributed by atoms with Gasteiger partial charge in [-0.15, -0.1) is 0 Å². The standard InChI is InChI=1S/C8H18N2O/c1-7(9)8(6-11)10-4-2-3-5-10/h7-8,11H,2-6,9H2,1H3. The van der Waals surface area contributed by atoms with E-state index < -0.39 is 0 Å². The molecule has 1 fully saturated rings. The van der Waals surface area contributed by atoms with Crippen LogP contribution in [0.3, 0.4) is 0 Å². The van der Waals surface area contributed by atoms with E-state index in [1.54, 1.807) is 0 Å². The summed E-state index contributed by atoms with van der Waals surface area (Å²) in [6.45, 7) is 4.36. The smallest absolute Gasteiger partial charge is 0.0601 e. The van der Waals surface area contributed by atoms with E-state index in [0.717, 1.165) is 13.1 Å². The largest absolute Gasteiger partial charge is 0.395 e. The van der Waals surface area contributed by atoms with Crippen molar-refractivity contribution in [3.63, 3.8) is 0 Å². The highest BCUT2D eigenvalue weighted by atomic mass is 16.3. The molecule has 3 nitrogen and oxygen atoms in total. The van der Waals surface area contributed by atoms with Crippen molar-refractivity contribution in [1.29, 1.82) is 0 Å². The fourth-order valence-electron chi connectivity index (χ4n) is 1.69. The Bertz CT molecular complexity index is 111. The minimum atomic E-state index is 0.0816. The Morgan fingerprint density at radius 3 is 2.36 bits per heavy atom. The summed E-state index contributed by atoms with van der Waals surface area (Å²) in [6.07, 6.45) is 2.51. The first-order valence-electron chi connectivity index (χ1n) is 4.36. The Hall–Kier alpha value is -0.120. The lowest BCUT2D eigenvalue weighted by Crippen LogP contribution is -2.47. The quantitative estimate of drug-likeness (QED) is 0.597. The number of nitrogens with two attached hydrogens (primary N) is 1. The number of hydrogen-bond acceptors (Lipinski definition) is 3. The van der Waals surface area contributed by atoms with E-state index in [9.17, 15) is 0 Å². The monoisotopic (exact) mass is 158 g/mol. The summed E-state index contributed by atoms with van der Waals surface area (Å²) in [7, 11) is 0. The maximum absolute atomic E-state index is 9.04. The lowest BCUT2D eigenvalue weighted by Gasteiger charge is -2.28. The summed E-state index contributed by atoms with van der Waals surface area (Å²) in [5.74, 6) is 0. The van der Waals surface area contributed by atoms with Gasteiger partial charge in [0.15, 0.2) is 0 Å². The van der Waals surface area contributed by atoms with E-state index in [-0.39, 0.29) is 18.7 Å². The van der Waals surface area contributed by atoms with E-state index in [1.807, 2.05) is 6.92 Å². The summed E-state index contributed by atoms with van der Waals surface area (Å²) in [6, 6.07) is 0.260. The molecule has 11 heavy (non-hydrogen) atoms. The Kier molecular flexibility index (Phi) is 3.30. The van der Waals surface area contributed by atoms with Crippen LogP contribution in [0.5, 0.6) is 0 Å². The molecule has 0 amide bonds. The van der Waals surface area contributed by atoms with Crippen LogP contribution < -0.4 is 5.73 Å². The van der Waals surface area contributed by atoms with Crippen LogP contribution in [0.1, 0.15) is 19.8 Å². The molecule has 0 radical (unpaired) electrons. The van der Waals surface area contributed by atoms with Gasteiger partial charge in [-0.3, -0.25) is 4.90 Å². The highest BCUT2D eigenvalue weighted by molar-refractivity contribution is 4.81. The predicted molar refractivity (Wildman–Crippen MR) is 45.3 cm³/mol. The average molecular weight is 158 g/mol. The molecular weight excluding hydrogens is 140 g/mol. The molecular formula is C8H18N2O. The lowest BCUT2D eigenvalue weighted by molar-refractivity contribution is 0.130. The van der Waals surface area contributed by atoms with Gasteiger partial charge in [-0.2, -0.15) is 0 Å². The molecule has 1 aliphatic heterocycles. The Morgan fingerprint density at radius 2 is 2.00 bits per heavy atom. The van der Waals surface area contributed by atoms with Gasteiger partial charge >= 0.3 is 0 Å². The molecule has 66 valence electrons. The van der Waals surface area contributed by atoms with E-state index in [0.29, 0.717) is 0 Å². The van der Waals surface area contributed by atoms with Crippen LogP contribution in [-0.4, -0.2) is 41.8 Å². The second kappa shape index (κ2) is 4.04. The second-order valence-corrected chi connectivity index (χ2v) is 3.35. The van der Waals surface area contributed by atoms with Crippen molar-refractivity contribution in [1.82, 2.24) is 4.90 Å². The topological polar surface area (TPSA) is 49.5 Å². The van der Waals surface area contributed by atoms with Gasteiger partial charge < -0.3 is 10.8 Å². The normalized spacial score (nSPS) is 25.4. The van der Waals surface area contributed by atoms with Crippen molar-refractivity contribution in [3.05, 3.63) is 0 Å². The molecule has 0 aromatic rings. The minimum Gasteiger partial charge on any atom is -0.395 e. The summed E-state index contributed by atoms with van der Waals surface area (Å²) >= 11 is 0. The molecule has 0 bridgehead atoms. The first-order chi connectivity index (χ1) is 5.25. The van der Waals surface area contributed by atoms with Crippen molar-refractivity contribution in [2.45, 2.75) is 31.8 Å². The van der Waals surface area contributed by atoms with Gasteiger partial charge in [0.2, 0.25) is 0 Å². The molecule has 2 unspecified atom stereocenters. The molecule has 1 heterocycles. The maximum Gasteiger partial charge on any atom is 0.0601 e. The van der Waals surface area contributed by atoms with Crippen LogP contribution in [0, 0.1) is 0 Å². The third-order valence-electron chi connectivity index (χ3n) is 2.40. The first kappa shape index (κ1) is 8.97. The van der Waals surface area contributed by atoms with Crippen molar-refractivity contribution >= 4 is 0 Å². The molecule has 2 atom stereocenters. The molecule has 3 heteroatoms. The highest BCUT2D eigenvalue weighted by Gasteiger charge is 2.23. The van der Waals surface area contributed by atoms with Crippen LogP contribution in [0.25, 0.3) is 0 Å². The molecule has 0 aromatic carbocycles. The third-order valence-corrected chi connectivity index (χ3v) is 2.40. The van der Waals surface area contributed by atoms with Crippen molar-refractivity contribution in [3.8, 4) is 0 Å². The van der Waals surface area contributed by atoms with Crippen LogP contribution >= 0.6 is 0 Å². The fourth-order valence-corrected chi connectivity index (χ4v) is 1.69. The van der Waals surface area contributed by atoms with Gasteiger partial charge in [0.05, 0.1) is 6.61 Å². The Balaban J connectivity index is 2.40. The maximum atomic E-state index is 9.04. The van der Waals surface area contributed by atoms with Gasteiger partial charge in [-0.25, -0.2) is 0 Å². The van der Waals surface area contributed by atoms with Gasteiger partial charge in [0.1, 0.15) is 0 Å². The van der Waals surface area contributed by atoms with Gasteiger partial charge in [-0.05, 0) is 32.9 Å². The molecule has 0 aromatic heterocycles. The predicted octanol–water partition coefficient (Wildman–Crippen LogP) is -0.210. The minimum absolute atomic E-state index is 0.0816. The molecule has 1 rings (SSSR count). The summed E-state index contributed by atoms with van der Waals surface area (Å²) in [5.41, 5.74) is 5.73. The number of hydrogen-bond donors (Lipinski definition) is 2. The summed E-state index contributed by atoms with van der Waals surface area (Å²) in [4.78, 5) is 2.28. The van der Waals surface area contributed by atoms with Gasteiger partial charge in [0, 0.05) is 12.1 Å². The van der Waals surface area contributed by atoms with E-state index >= 15 is 0 Å². The summed E-state index contributed by atoms with van der Waals surface area (Å²) in [5, 5.41) is 9.04. The van der Waals surface area contributed by atoms with E-state index in [4.69, 9.17) is 10.8 Å². The molecule has 0 saturated carbocycles. The molecule has 3 N–H and O–H groups in total. The van der Waals surface area contributed by atoms with Crippen molar-refractivity contribution in [2.75, 3.05) is 19.7 Å². The van der Waals surface area contributed by atoms with Crippen molar-refractivity contribution in [2.24, 2.45) is 5.73 Å². The zero-order valence-corrected chi connectivity index (χ0v) is 7.16. The van der Waals surface area contributed by atoms with Gasteiger partial charge in [-0.1, -0.05) is 0 Å². The second-order valence-electron chi connectivity index (χ2n) is 3.35. The zero-order valence-electron chi connectivity index (χ0n) is 7.16. The van der Waals surface area contributed by atoms with Crippen LogP contribution in [0.15, 0.2) is 0 Å². The SMILES string of the molecule is CC(N)C(CO)N1CCCC1. The third kappa shape index (κ3) is 2.15. The van der Waals surface area contributed by atoms with Crippen LogP contribution in [-0.2, 0) is 0 Å². The Labute approximate surface area is 68.2 Å². The Morgan fingerprint density at radius 1 is 1.45 bits per heavy atom. The molecule has 0 spiro atoms. The molecule has 1 saturated heterocycles. The van der Waals surface area contributed by atoms with Gasteiger partial charge in [0.25, 0.3) is 0 Å². The zero-order chi connectivity index (χ0) is 8.27. The van der Waals surface area contributed by atoms with Crippen LogP contribution in [0.4, 0.5) is 0 Å².